The number of nitrogens with zero attached hydrogens (tertiary/aromatic N) is 1. The molecule has 0 unspecified atom stereocenters. The minimum atomic E-state index is -1.28. The first-order valence-corrected chi connectivity index (χ1v) is 18.0. The first kappa shape index (κ1) is 42.9. The van der Waals surface area contributed by atoms with E-state index in [2.05, 4.69) is 13.8 Å². The zero-order valence-corrected chi connectivity index (χ0v) is 26.7. The van der Waals surface area contributed by atoms with Gasteiger partial charge in [-0.1, -0.05) is 138 Å². The Balaban J connectivity index is 0. The summed E-state index contributed by atoms with van der Waals surface area (Å²) in [5.74, 6) is -3.12. The maximum absolute atomic E-state index is 13.2. The minimum absolute atomic E-state index is 0. The average Bonchev–Trinajstić information content (AvgIpc) is 2.92. The van der Waals surface area contributed by atoms with Crippen molar-refractivity contribution in [1.29, 1.82) is 0 Å². The summed E-state index contributed by atoms with van der Waals surface area (Å²) < 4.78 is 0. The van der Waals surface area contributed by atoms with Crippen molar-refractivity contribution in [3.63, 3.8) is 0 Å². The molecule has 236 valence electrons. The fourth-order valence-electron chi connectivity index (χ4n) is 4.46. The molecule has 0 aliphatic carbocycles. The monoisotopic (exact) mass is 628 g/mol. The molecule has 0 aromatic carbocycles. The van der Waals surface area contributed by atoms with Gasteiger partial charge in [-0.05, 0) is 12.8 Å². The van der Waals surface area contributed by atoms with E-state index in [9.17, 15) is 24.3 Å². The van der Waals surface area contributed by atoms with Gasteiger partial charge in [0.15, 0.2) is 0 Å². The molecule has 41 heavy (non-hydrogen) atoms. The third-order valence-electron chi connectivity index (χ3n) is 7.00. The second kappa shape index (κ2) is 29.8. The van der Waals surface area contributed by atoms with E-state index in [1.54, 1.807) is 0 Å². The first-order valence-electron chi connectivity index (χ1n) is 15.6. The van der Waals surface area contributed by atoms with Crippen LogP contribution in [0.15, 0.2) is 0 Å². The van der Waals surface area contributed by atoms with Crippen molar-refractivity contribution >= 4 is 74.9 Å². The summed E-state index contributed by atoms with van der Waals surface area (Å²) in [4.78, 5) is 50.4. The Morgan fingerprint density at radius 1 is 0.585 bits per heavy atom. The summed E-state index contributed by atoms with van der Waals surface area (Å²) >= 11 is 0. The number of rotatable bonds is 28. The zero-order chi connectivity index (χ0) is 30.0. The van der Waals surface area contributed by atoms with Crippen molar-refractivity contribution in [2.75, 3.05) is 11.5 Å². The van der Waals surface area contributed by atoms with Crippen LogP contribution in [-0.4, -0.2) is 92.0 Å². The van der Waals surface area contributed by atoms with E-state index in [-0.39, 0.29) is 53.9 Å². The first-order chi connectivity index (χ1) is 19.3. The molecular formula is C30H57N2NaO6S2. The number of hydrogen-bond acceptors (Lipinski definition) is 7. The normalized spacial score (nSPS) is 12.4. The van der Waals surface area contributed by atoms with Crippen LogP contribution in [0.3, 0.4) is 0 Å². The molecule has 0 spiro atoms. The standard InChI is InChI=1S/C30H56N2O6S2.Na.H/c1-3-5-7-9-11-13-15-17-19-21-27(33)32(26(30(37)38)24-40-39-23-25(31)29(35)36)28(34)22-20-18-16-14-12-10-8-6-4-2;;/h25-26H,3-24,31H2,1-2H3,(H,35,36)(H,37,38);;/t25-,26-;;/m0../s1. The number of carbonyl (C=O) groups excluding carboxylic acids is 2. The number of imide groups is 1. The number of carboxylic acids is 2. The van der Waals surface area contributed by atoms with Crippen molar-refractivity contribution in [3.8, 4) is 0 Å². The molecule has 11 heteroatoms. The van der Waals surface area contributed by atoms with Gasteiger partial charge in [0.25, 0.3) is 0 Å². The van der Waals surface area contributed by atoms with Crippen molar-refractivity contribution in [3.05, 3.63) is 0 Å². The molecule has 0 heterocycles. The Morgan fingerprint density at radius 2 is 0.927 bits per heavy atom. The Hall–Kier alpha value is -0.260. The molecule has 0 aromatic heterocycles. The zero-order valence-electron chi connectivity index (χ0n) is 25.1. The Labute approximate surface area is 279 Å². The van der Waals surface area contributed by atoms with Crippen LogP contribution in [-0.2, 0) is 19.2 Å². The molecule has 0 fully saturated rings. The number of carbonyl (C=O) groups is 4. The van der Waals surface area contributed by atoms with Crippen LogP contribution in [0.4, 0.5) is 0 Å². The third kappa shape index (κ3) is 23.8. The number of carboxylic acid groups (broad SMARTS) is 2. The van der Waals surface area contributed by atoms with E-state index in [0.29, 0.717) is 12.8 Å². The van der Waals surface area contributed by atoms with Gasteiger partial charge in [-0.25, -0.2) is 4.79 Å². The van der Waals surface area contributed by atoms with E-state index in [1.165, 1.54) is 64.2 Å². The number of amides is 2. The molecular weight excluding hydrogens is 571 g/mol. The summed E-state index contributed by atoms with van der Waals surface area (Å²) in [6.45, 7) is 4.39. The molecule has 2 atom stereocenters. The van der Waals surface area contributed by atoms with Crippen LogP contribution in [0, 0.1) is 0 Å². The van der Waals surface area contributed by atoms with Crippen molar-refractivity contribution in [1.82, 2.24) is 4.90 Å². The quantitative estimate of drug-likeness (QED) is 0.0486. The maximum atomic E-state index is 13.2. The SMILES string of the molecule is CCCCCCCCCCCC(=O)N(C(=O)CCCCCCCCCCC)[C@@H](CSSC[C@H](N)C(=O)O)C(=O)O.[NaH]. The van der Waals surface area contributed by atoms with Gasteiger partial charge in [0.05, 0.1) is 0 Å². The molecule has 2 amide bonds. The van der Waals surface area contributed by atoms with Gasteiger partial charge in [0, 0.05) is 24.3 Å². The number of hydrogen-bond donors (Lipinski definition) is 3. The van der Waals surface area contributed by atoms with Crippen LogP contribution in [0.1, 0.15) is 142 Å². The summed E-state index contributed by atoms with van der Waals surface area (Å²) in [5, 5.41) is 18.9. The average molecular weight is 629 g/mol. The van der Waals surface area contributed by atoms with Gasteiger partial charge in [0.2, 0.25) is 11.8 Å². The van der Waals surface area contributed by atoms with E-state index >= 15 is 0 Å². The molecule has 0 aliphatic rings. The topological polar surface area (TPSA) is 138 Å². The van der Waals surface area contributed by atoms with Gasteiger partial charge in [-0.15, -0.1) is 0 Å². The Morgan fingerprint density at radius 3 is 1.27 bits per heavy atom. The molecule has 0 rings (SSSR count). The number of unbranched alkanes of at least 4 members (excludes halogenated alkanes) is 16. The second-order valence-electron chi connectivity index (χ2n) is 10.7. The third-order valence-corrected chi connectivity index (χ3v) is 9.43. The van der Waals surface area contributed by atoms with Gasteiger partial charge in [-0.3, -0.25) is 19.3 Å². The molecule has 0 aromatic rings. The Bertz CT molecular complexity index is 668. The van der Waals surface area contributed by atoms with Gasteiger partial charge < -0.3 is 15.9 Å². The van der Waals surface area contributed by atoms with Gasteiger partial charge >= 0.3 is 41.5 Å². The van der Waals surface area contributed by atoms with E-state index in [4.69, 9.17) is 10.8 Å². The van der Waals surface area contributed by atoms with Crippen molar-refractivity contribution < 1.29 is 29.4 Å². The Kier molecular flexibility index (Phi) is 31.2. The van der Waals surface area contributed by atoms with Crippen molar-refractivity contribution in [2.45, 2.75) is 154 Å². The van der Waals surface area contributed by atoms with Crippen LogP contribution in [0.5, 0.6) is 0 Å². The van der Waals surface area contributed by atoms with E-state index in [0.717, 1.165) is 65.0 Å². The second-order valence-corrected chi connectivity index (χ2v) is 13.2. The molecule has 8 nitrogen and oxygen atoms in total. The molecule has 4 N–H and O–H groups in total. The van der Waals surface area contributed by atoms with E-state index < -0.39 is 35.8 Å². The molecule has 0 bridgehead atoms. The summed E-state index contributed by atoms with van der Waals surface area (Å²) in [6, 6.07) is -2.34. The van der Waals surface area contributed by atoms with Crippen LogP contribution >= 0.6 is 21.6 Å². The molecule has 0 aliphatic heterocycles. The van der Waals surface area contributed by atoms with Crippen LogP contribution in [0.2, 0.25) is 0 Å². The predicted molar refractivity (Wildman–Crippen MR) is 175 cm³/mol. The summed E-state index contributed by atoms with van der Waals surface area (Å²) in [7, 11) is 2.27. The fourth-order valence-corrected chi connectivity index (χ4v) is 6.77. The van der Waals surface area contributed by atoms with Crippen molar-refractivity contribution in [2.24, 2.45) is 5.73 Å². The van der Waals surface area contributed by atoms with Gasteiger partial charge in [-0.2, -0.15) is 0 Å². The molecule has 0 radical (unpaired) electrons. The molecule has 0 saturated heterocycles. The number of aliphatic carboxylic acids is 2. The molecule has 0 saturated carbocycles. The van der Waals surface area contributed by atoms with Gasteiger partial charge in [0.1, 0.15) is 12.1 Å². The summed E-state index contributed by atoms with van der Waals surface area (Å²) in [5.41, 5.74) is 5.52. The number of nitrogens with two attached hydrogens (primary N) is 1. The fraction of sp³-hybridized carbons (Fsp3) is 0.867. The van der Waals surface area contributed by atoms with Crippen LogP contribution in [0.25, 0.3) is 0 Å². The summed E-state index contributed by atoms with van der Waals surface area (Å²) in [6.07, 6.45) is 20.1. The van der Waals surface area contributed by atoms with E-state index in [1.807, 2.05) is 0 Å². The predicted octanol–water partition coefficient (Wildman–Crippen LogP) is 6.78. The van der Waals surface area contributed by atoms with Crippen LogP contribution < -0.4 is 5.73 Å².